The fourth-order valence-corrected chi connectivity index (χ4v) is 1.67. The standard InChI is InChI=1S/C12H19ClN2O/c1-3-15(4-2)8-9-16-12-11(10-13)6-5-7-14-12/h5-7H,3-4,8-10H2,1-2H3. The Balaban J connectivity index is 2.42. The van der Waals surface area contributed by atoms with Crippen LogP contribution in [-0.2, 0) is 5.88 Å². The summed E-state index contributed by atoms with van der Waals surface area (Å²) in [7, 11) is 0. The molecule has 0 bridgehead atoms. The van der Waals surface area contributed by atoms with Crippen molar-refractivity contribution in [1.82, 2.24) is 9.88 Å². The summed E-state index contributed by atoms with van der Waals surface area (Å²) in [5, 5.41) is 0. The third-order valence-electron chi connectivity index (χ3n) is 2.53. The molecule has 16 heavy (non-hydrogen) atoms. The molecule has 0 aromatic carbocycles. The molecule has 0 spiro atoms. The average Bonchev–Trinajstić information content (AvgIpc) is 2.35. The highest BCUT2D eigenvalue weighted by Crippen LogP contribution is 2.16. The zero-order valence-corrected chi connectivity index (χ0v) is 10.7. The molecule has 0 fully saturated rings. The average molecular weight is 243 g/mol. The van der Waals surface area contributed by atoms with Gasteiger partial charge in [-0.2, -0.15) is 0 Å². The van der Waals surface area contributed by atoms with E-state index in [0.29, 0.717) is 18.4 Å². The van der Waals surface area contributed by atoms with E-state index >= 15 is 0 Å². The number of nitrogens with zero attached hydrogens (tertiary/aromatic N) is 2. The Labute approximate surface area is 102 Å². The van der Waals surface area contributed by atoms with Gasteiger partial charge in [0.15, 0.2) is 0 Å². The highest BCUT2D eigenvalue weighted by molar-refractivity contribution is 6.17. The molecule has 0 aliphatic carbocycles. The minimum atomic E-state index is 0.439. The van der Waals surface area contributed by atoms with E-state index in [0.717, 1.165) is 25.2 Å². The molecule has 1 aromatic heterocycles. The topological polar surface area (TPSA) is 25.4 Å². The largest absolute Gasteiger partial charge is 0.476 e. The van der Waals surface area contributed by atoms with Gasteiger partial charge in [0, 0.05) is 18.3 Å². The van der Waals surface area contributed by atoms with Gasteiger partial charge in [-0.1, -0.05) is 19.9 Å². The normalized spacial score (nSPS) is 10.8. The lowest BCUT2D eigenvalue weighted by Crippen LogP contribution is -2.28. The van der Waals surface area contributed by atoms with E-state index in [9.17, 15) is 0 Å². The second-order valence-corrected chi connectivity index (χ2v) is 3.74. The molecule has 0 saturated carbocycles. The molecule has 0 N–H and O–H groups in total. The molecule has 1 aromatic rings. The zero-order valence-electron chi connectivity index (χ0n) is 9.95. The number of pyridine rings is 1. The lowest BCUT2D eigenvalue weighted by molar-refractivity contribution is 0.217. The van der Waals surface area contributed by atoms with Crippen molar-refractivity contribution in [3.63, 3.8) is 0 Å². The van der Waals surface area contributed by atoms with Gasteiger partial charge >= 0.3 is 0 Å². The maximum atomic E-state index is 5.80. The molecule has 0 unspecified atom stereocenters. The predicted molar refractivity (Wildman–Crippen MR) is 67.1 cm³/mol. The first-order valence-electron chi connectivity index (χ1n) is 5.66. The first kappa shape index (κ1) is 13.3. The van der Waals surface area contributed by atoms with Gasteiger partial charge in [-0.05, 0) is 19.2 Å². The first-order chi connectivity index (χ1) is 7.81. The number of aromatic nitrogens is 1. The van der Waals surface area contributed by atoms with Gasteiger partial charge in [-0.3, -0.25) is 0 Å². The van der Waals surface area contributed by atoms with Crippen LogP contribution < -0.4 is 4.74 Å². The van der Waals surface area contributed by atoms with Crippen molar-refractivity contribution in [3.8, 4) is 5.88 Å². The summed E-state index contributed by atoms with van der Waals surface area (Å²) in [4.78, 5) is 6.48. The van der Waals surface area contributed by atoms with E-state index < -0.39 is 0 Å². The Morgan fingerprint density at radius 1 is 1.38 bits per heavy atom. The van der Waals surface area contributed by atoms with Crippen LogP contribution in [-0.4, -0.2) is 36.1 Å². The molecule has 0 atom stereocenters. The van der Waals surface area contributed by atoms with E-state index in [1.165, 1.54) is 0 Å². The Morgan fingerprint density at radius 2 is 2.12 bits per heavy atom. The summed E-state index contributed by atoms with van der Waals surface area (Å²) in [5.41, 5.74) is 0.948. The number of ether oxygens (including phenoxy) is 1. The molecule has 90 valence electrons. The number of likely N-dealkylation sites (N-methyl/N-ethyl adjacent to an activating group) is 1. The van der Waals surface area contributed by atoms with Crippen LogP contribution in [0.25, 0.3) is 0 Å². The third-order valence-corrected chi connectivity index (χ3v) is 2.82. The molecule has 0 radical (unpaired) electrons. The second-order valence-electron chi connectivity index (χ2n) is 3.48. The van der Waals surface area contributed by atoms with Crippen LogP contribution in [0.4, 0.5) is 0 Å². The predicted octanol–water partition coefficient (Wildman–Crippen LogP) is 2.54. The van der Waals surface area contributed by atoms with Crippen molar-refractivity contribution in [1.29, 1.82) is 0 Å². The summed E-state index contributed by atoms with van der Waals surface area (Å²) < 4.78 is 5.62. The Morgan fingerprint density at radius 3 is 2.75 bits per heavy atom. The Bertz CT molecular complexity index is 303. The van der Waals surface area contributed by atoms with Gasteiger partial charge in [-0.15, -0.1) is 11.6 Å². The molecule has 4 heteroatoms. The summed E-state index contributed by atoms with van der Waals surface area (Å²) >= 11 is 5.80. The fraction of sp³-hybridized carbons (Fsp3) is 0.583. The minimum absolute atomic E-state index is 0.439. The van der Waals surface area contributed by atoms with Gasteiger partial charge < -0.3 is 9.64 Å². The zero-order chi connectivity index (χ0) is 11.8. The molecule has 1 rings (SSSR count). The first-order valence-corrected chi connectivity index (χ1v) is 6.20. The van der Waals surface area contributed by atoms with Crippen molar-refractivity contribution >= 4 is 11.6 Å². The van der Waals surface area contributed by atoms with Crippen LogP contribution in [0.3, 0.4) is 0 Å². The van der Waals surface area contributed by atoms with Crippen LogP contribution >= 0.6 is 11.6 Å². The highest BCUT2D eigenvalue weighted by atomic mass is 35.5. The van der Waals surface area contributed by atoms with Gasteiger partial charge in [0.05, 0.1) is 5.88 Å². The van der Waals surface area contributed by atoms with Gasteiger partial charge in [0.1, 0.15) is 6.61 Å². The monoisotopic (exact) mass is 242 g/mol. The molecule has 3 nitrogen and oxygen atoms in total. The summed E-state index contributed by atoms with van der Waals surface area (Å²) in [6.07, 6.45) is 1.72. The number of halogens is 1. The van der Waals surface area contributed by atoms with E-state index in [-0.39, 0.29) is 0 Å². The molecule has 1 heterocycles. The lowest BCUT2D eigenvalue weighted by Gasteiger charge is -2.18. The van der Waals surface area contributed by atoms with E-state index in [1.54, 1.807) is 6.20 Å². The minimum Gasteiger partial charge on any atom is -0.476 e. The molecule has 0 saturated heterocycles. The Kier molecular flexibility index (Phi) is 6.19. The smallest absolute Gasteiger partial charge is 0.217 e. The number of hydrogen-bond acceptors (Lipinski definition) is 3. The highest BCUT2D eigenvalue weighted by Gasteiger charge is 2.04. The second kappa shape index (κ2) is 7.47. The van der Waals surface area contributed by atoms with Gasteiger partial charge in [0.2, 0.25) is 5.88 Å². The lowest BCUT2D eigenvalue weighted by atomic mass is 10.3. The molecule has 0 aliphatic rings. The van der Waals surface area contributed by atoms with Crippen LogP contribution in [0.15, 0.2) is 18.3 Å². The molecule has 0 aliphatic heterocycles. The van der Waals surface area contributed by atoms with Crippen molar-refractivity contribution < 1.29 is 4.74 Å². The van der Waals surface area contributed by atoms with Gasteiger partial charge in [-0.25, -0.2) is 4.98 Å². The number of rotatable bonds is 7. The van der Waals surface area contributed by atoms with Crippen LogP contribution in [0.1, 0.15) is 19.4 Å². The fourth-order valence-electron chi connectivity index (χ4n) is 1.47. The molecular formula is C12H19ClN2O. The Hall–Kier alpha value is -0.800. The SMILES string of the molecule is CCN(CC)CCOc1ncccc1CCl. The van der Waals surface area contributed by atoms with E-state index in [1.807, 2.05) is 12.1 Å². The number of hydrogen-bond donors (Lipinski definition) is 0. The third kappa shape index (κ3) is 3.99. The number of alkyl halides is 1. The van der Waals surface area contributed by atoms with Crippen LogP contribution in [0, 0.1) is 0 Å². The van der Waals surface area contributed by atoms with Crippen molar-refractivity contribution in [2.24, 2.45) is 0 Å². The quantitative estimate of drug-likeness (QED) is 0.687. The molecular weight excluding hydrogens is 224 g/mol. The van der Waals surface area contributed by atoms with Crippen LogP contribution in [0.5, 0.6) is 5.88 Å². The van der Waals surface area contributed by atoms with E-state index in [2.05, 4.69) is 23.7 Å². The van der Waals surface area contributed by atoms with Crippen molar-refractivity contribution in [2.45, 2.75) is 19.7 Å². The summed E-state index contributed by atoms with van der Waals surface area (Å²) in [5.74, 6) is 1.10. The summed E-state index contributed by atoms with van der Waals surface area (Å²) in [6, 6.07) is 3.81. The molecule has 0 amide bonds. The maximum Gasteiger partial charge on any atom is 0.217 e. The maximum absolute atomic E-state index is 5.80. The summed E-state index contributed by atoms with van der Waals surface area (Å²) in [6.45, 7) is 7.96. The van der Waals surface area contributed by atoms with Crippen molar-refractivity contribution in [3.05, 3.63) is 23.9 Å². The van der Waals surface area contributed by atoms with Crippen molar-refractivity contribution in [2.75, 3.05) is 26.2 Å². The van der Waals surface area contributed by atoms with E-state index in [4.69, 9.17) is 16.3 Å². The van der Waals surface area contributed by atoms with Crippen LogP contribution in [0.2, 0.25) is 0 Å². The van der Waals surface area contributed by atoms with Gasteiger partial charge in [0.25, 0.3) is 0 Å².